The van der Waals surface area contributed by atoms with Crippen LogP contribution in [0, 0.1) is 10.8 Å². The summed E-state index contributed by atoms with van der Waals surface area (Å²) in [5.41, 5.74) is 2.95. The zero-order valence-electron chi connectivity index (χ0n) is 16.4. The Morgan fingerprint density at radius 3 is 2.11 bits per heavy atom. The number of rotatable bonds is 4. The predicted molar refractivity (Wildman–Crippen MR) is 108 cm³/mol. The van der Waals surface area contributed by atoms with Crippen molar-refractivity contribution in [2.45, 2.75) is 34.1 Å². The molecule has 2 aromatic carbocycles. The van der Waals surface area contributed by atoms with E-state index in [1.54, 1.807) is 18.2 Å². The summed E-state index contributed by atoms with van der Waals surface area (Å²) in [7, 11) is 0. The Labute approximate surface area is 160 Å². The maximum atomic E-state index is 11.3. The molecule has 0 radical (unpaired) electrons. The van der Waals surface area contributed by atoms with Crippen LogP contribution in [-0.4, -0.2) is 24.2 Å². The van der Waals surface area contributed by atoms with Gasteiger partial charge in [-0.2, -0.15) is 5.11 Å². The van der Waals surface area contributed by atoms with Crippen LogP contribution < -0.4 is 4.90 Å². The minimum absolute atomic E-state index is 0.149. The summed E-state index contributed by atoms with van der Waals surface area (Å²) in [6, 6.07) is 14.6. The van der Waals surface area contributed by atoms with Gasteiger partial charge in [-0.25, -0.2) is 4.79 Å². The van der Waals surface area contributed by atoms with Gasteiger partial charge in [0.15, 0.2) is 0 Å². The first-order valence-electron chi connectivity index (χ1n) is 9.24. The lowest BCUT2D eigenvalue weighted by Crippen LogP contribution is -2.48. The van der Waals surface area contributed by atoms with Gasteiger partial charge in [-0.1, -0.05) is 39.8 Å². The Morgan fingerprint density at radius 1 is 0.926 bits per heavy atom. The Morgan fingerprint density at radius 2 is 1.52 bits per heavy atom. The summed E-state index contributed by atoms with van der Waals surface area (Å²) in [4.78, 5) is 13.7. The van der Waals surface area contributed by atoms with Crippen LogP contribution in [0.3, 0.4) is 0 Å². The van der Waals surface area contributed by atoms with Gasteiger partial charge in [0.05, 0.1) is 11.3 Å². The minimum Gasteiger partial charge on any atom is -0.478 e. The molecule has 0 spiro atoms. The number of hydrogen-bond acceptors (Lipinski definition) is 4. The summed E-state index contributed by atoms with van der Waals surface area (Å²) in [5, 5.41) is 17.5. The zero-order chi connectivity index (χ0) is 19.7. The molecule has 0 aliphatic carbocycles. The van der Waals surface area contributed by atoms with E-state index in [0.717, 1.165) is 13.1 Å². The quantitative estimate of drug-likeness (QED) is 0.669. The van der Waals surface area contributed by atoms with Gasteiger partial charge in [-0.05, 0) is 53.6 Å². The van der Waals surface area contributed by atoms with Gasteiger partial charge in [-0.3, -0.25) is 0 Å². The first-order chi connectivity index (χ1) is 12.7. The van der Waals surface area contributed by atoms with Gasteiger partial charge in [0.1, 0.15) is 5.69 Å². The van der Waals surface area contributed by atoms with Crippen LogP contribution in [0.2, 0.25) is 0 Å². The van der Waals surface area contributed by atoms with Crippen LogP contribution in [-0.2, 0) is 0 Å². The van der Waals surface area contributed by atoms with Gasteiger partial charge in [-0.15, -0.1) is 5.11 Å². The second kappa shape index (κ2) is 7.14. The highest BCUT2D eigenvalue weighted by Gasteiger charge is 2.37. The van der Waals surface area contributed by atoms with Crippen molar-refractivity contribution in [3.8, 4) is 0 Å². The number of azo groups is 1. The second-order valence-electron chi connectivity index (χ2n) is 8.90. The monoisotopic (exact) mass is 365 g/mol. The zero-order valence-corrected chi connectivity index (χ0v) is 16.4. The number of anilines is 1. The molecule has 1 N–H and O–H groups in total. The van der Waals surface area contributed by atoms with Crippen LogP contribution in [0.5, 0.6) is 0 Å². The van der Waals surface area contributed by atoms with Gasteiger partial charge in [0.25, 0.3) is 0 Å². The fourth-order valence-electron chi connectivity index (χ4n) is 4.26. The molecule has 1 heterocycles. The molecule has 0 unspecified atom stereocenters. The highest BCUT2D eigenvalue weighted by molar-refractivity contribution is 5.93. The second-order valence-corrected chi connectivity index (χ2v) is 8.90. The molecule has 5 nitrogen and oxygen atoms in total. The van der Waals surface area contributed by atoms with E-state index < -0.39 is 5.97 Å². The first-order valence-corrected chi connectivity index (χ1v) is 9.24. The maximum absolute atomic E-state index is 11.3. The third-order valence-corrected chi connectivity index (χ3v) is 4.82. The van der Waals surface area contributed by atoms with Crippen molar-refractivity contribution in [3.05, 3.63) is 54.1 Å². The molecule has 0 atom stereocenters. The average molecular weight is 365 g/mol. The molecule has 5 heteroatoms. The molecule has 0 aromatic heterocycles. The molecule has 0 saturated carbocycles. The van der Waals surface area contributed by atoms with E-state index in [1.165, 1.54) is 18.2 Å². The molecule has 1 fully saturated rings. The lowest BCUT2D eigenvalue weighted by molar-refractivity contribution is 0.0697. The van der Waals surface area contributed by atoms with Crippen molar-refractivity contribution >= 4 is 23.0 Å². The third kappa shape index (κ3) is 4.73. The number of hydrogen-bond donors (Lipinski definition) is 1. The van der Waals surface area contributed by atoms with Crippen LogP contribution in [0.1, 0.15) is 44.5 Å². The fraction of sp³-hybridized carbons (Fsp3) is 0.409. The molecule has 27 heavy (non-hydrogen) atoms. The number of aromatic carboxylic acids is 1. The van der Waals surface area contributed by atoms with Crippen molar-refractivity contribution in [1.29, 1.82) is 0 Å². The number of carboxylic acids is 1. The average Bonchev–Trinajstić information content (AvgIpc) is 2.58. The summed E-state index contributed by atoms with van der Waals surface area (Å²) in [6.07, 6.45) is 1.21. The summed E-state index contributed by atoms with van der Waals surface area (Å²) in [6.45, 7) is 11.4. The molecular formula is C22H27N3O2. The maximum Gasteiger partial charge on any atom is 0.337 e. The lowest BCUT2D eigenvalue weighted by Gasteiger charge is -2.48. The van der Waals surface area contributed by atoms with Crippen molar-refractivity contribution in [1.82, 2.24) is 0 Å². The Kier molecular flexibility index (Phi) is 5.05. The van der Waals surface area contributed by atoms with Crippen LogP contribution in [0.15, 0.2) is 58.8 Å². The van der Waals surface area contributed by atoms with E-state index in [2.05, 4.69) is 55.0 Å². The molecule has 0 amide bonds. The van der Waals surface area contributed by atoms with Crippen molar-refractivity contribution in [2.75, 3.05) is 18.0 Å². The Balaban J connectivity index is 1.77. The van der Waals surface area contributed by atoms with E-state index >= 15 is 0 Å². The first kappa shape index (κ1) is 19.1. The van der Waals surface area contributed by atoms with Gasteiger partial charge < -0.3 is 10.0 Å². The number of piperidine rings is 1. The van der Waals surface area contributed by atoms with Crippen LogP contribution in [0.4, 0.5) is 17.1 Å². The largest absolute Gasteiger partial charge is 0.478 e. The number of carbonyl (C=O) groups is 1. The number of benzene rings is 2. The normalized spacial score (nSPS) is 18.6. The van der Waals surface area contributed by atoms with Crippen molar-refractivity contribution < 1.29 is 9.90 Å². The fourth-order valence-corrected chi connectivity index (χ4v) is 4.26. The number of carboxylic acid groups (broad SMARTS) is 1. The molecule has 142 valence electrons. The highest BCUT2D eigenvalue weighted by Crippen LogP contribution is 2.41. The smallest absolute Gasteiger partial charge is 0.337 e. The SMILES string of the molecule is CC1(C)CN(c2ccc(N=Nc3ccccc3C(=O)O)cc2)CC(C)(C)C1. The van der Waals surface area contributed by atoms with E-state index in [9.17, 15) is 9.90 Å². The molecule has 2 aromatic rings. The van der Waals surface area contributed by atoms with Crippen molar-refractivity contribution in [2.24, 2.45) is 21.1 Å². The molecule has 1 aliphatic heterocycles. The number of nitrogens with zero attached hydrogens (tertiary/aromatic N) is 3. The van der Waals surface area contributed by atoms with E-state index in [4.69, 9.17) is 0 Å². The molecule has 1 aliphatic rings. The van der Waals surface area contributed by atoms with Gasteiger partial charge in [0, 0.05) is 18.8 Å². The minimum atomic E-state index is -1.00. The standard InChI is InChI=1S/C22H27N3O2/c1-21(2)13-22(3,4)15-25(14-21)17-11-9-16(10-12-17)23-24-19-8-6-5-7-18(19)20(26)27/h5-12H,13-15H2,1-4H3,(H,26,27). The predicted octanol–water partition coefficient (Wildman–Crippen LogP) is 6.06. The lowest BCUT2D eigenvalue weighted by atomic mass is 9.71. The van der Waals surface area contributed by atoms with E-state index in [-0.39, 0.29) is 16.4 Å². The van der Waals surface area contributed by atoms with Crippen LogP contribution >= 0.6 is 0 Å². The summed E-state index contributed by atoms with van der Waals surface area (Å²) >= 11 is 0. The van der Waals surface area contributed by atoms with E-state index in [1.807, 2.05) is 12.1 Å². The Hall–Kier alpha value is -2.69. The van der Waals surface area contributed by atoms with Crippen LogP contribution in [0.25, 0.3) is 0 Å². The third-order valence-electron chi connectivity index (χ3n) is 4.82. The van der Waals surface area contributed by atoms with E-state index in [0.29, 0.717) is 11.4 Å². The molecule has 1 saturated heterocycles. The van der Waals surface area contributed by atoms with Crippen molar-refractivity contribution in [3.63, 3.8) is 0 Å². The summed E-state index contributed by atoms with van der Waals surface area (Å²) < 4.78 is 0. The molecule has 3 rings (SSSR count). The van der Waals surface area contributed by atoms with Gasteiger partial charge >= 0.3 is 5.97 Å². The topological polar surface area (TPSA) is 65.3 Å². The highest BCUT2D eigenvalue weighted by atomic mass is 16.4. The molecular weight excluding hydrogens is 338 g/mol. The molecule has 0 bridgehead atoms. The summed E-state index contributed by atoms with van der Waals surface area (Å²) in [5.74, 6) is -1.00. The Bertz CT molecular complexity index is 838. The van der Waals surface area contributed by atoms with Gasteiger partial charge in [0.2, 0.25) is 0 Å².